The van der Waals surface area contributed by atoms with Crippen molar-refractivity contribution in [1.29, 1.82) is 5.26 Å². The van der Waals surface area contributed by atoms with Crippen molar-refractivity contribution in [3.63, 3.8) is 0 Å². The minimum atomic E-state index is -0.105. The molecule has 0 unspecified atom stereocenters. The molecule has 146 valence electrons. The van der Waals surface area contributed by atoms with Gasteiger partial charge >= 0.3 is 0 Å². The van der Waals surface area contributed by atoms with E-state index in [4.69, 9.17) is 9.47 Å². The number of amides is 1. The van der Waals surface area contributed by atoms with Gasteiger partial charge in [-0.25, -0.2) is 0 Å². The number of hydrogen-bond donors (Lipinski definition) is 1. The summed E-state index contributed by atoms with van der Waals surface area (Å²) in [7, 11) is 3.05. The van der Waals surface area contributed by atoms with Crippen LogP contribution < -0.4 is 14.8 Å². The summed E-state index contributed by atoms with van der Waals surface area (Å²) >= 11 is 0. The number of hydrogen-bond acceptors (Lipinski definition) is 5. The van der Waals surface area contributed by atoms with Crippen LogP contribution in [-0.2, 0) is 4.79 Å². The van der Waals surface area contributed by atoms with Crippen LogP contribution in [0.4, 0.5) is 5.69 Å². The van der Waals surface area contributed by atoms with E-state index in [-0.39, 0.29) is 5.91 Å². The summed E-state index contributed by atoms with van der Waals surface area (Å²) in [5, 5.41) is 12.3. The Balaban J connectivity index is 1.71. The summed E-state index contributed by atoms with van der Waals surface area (Å²) in [6.45, 7) is 8.36. The third kappa shape index (κ3) is 3.49. The number of anilines is 1. The number of rotatable bonds is 5. The number of benzene rings is 1. The van der Waals surface area contributed by atoms with Crippen molar-refractivity contribution in [2.24, 2.45) is 10.8 Å². The average molecular weight is 371 g/mol. The number of nitrogens with one attached hydrogen (secondary N) is 1. The molecular weight excluding hydrogens is 342 g/mol. The normalized spacial score (nSPS) is 26.3. The predicted octanol–water partition coefficient (Wildman–Crippen LogP) is 3.41. The van der Waals surface area contributed by atoms with Crippen molar-refractivity contribution in [3.8, 4) is 17.6 Å². The van der Waals surface area contributed by atoms with E-state index in [9.17, 15) is 10.1 Å². The molecule has 27 heavy (non-hydrogen) atoms. The molecule has 2 fully saturated rings. The van der Waals surface area contributed by atoms with Crippen molar-refractivity contribution in [2.45, 2.75) is 46.1 Å². The van der Waals surface area contributed by atoms with Gasteiger partial charge in [0.1, 0.15) is 6.07 Å². The number of methoxy groups -OCH3 is 2. The molecule has 3 rings (SSSR count). The molecular formula is C21H29N3O3. The molecule has 1 amide bonds. The first-order valence-electron chi connectivity index (χ1n) is 9.43. The lowest BCUT2D eigenvalue weighted by atomic mass is 9.67. The first kappa shape index (κ1) is 19.5. The molecule has 1 aliphatic carbocycles. The molecule has 0 radical (unpaired) electrons. The van der Waals surface area contributed by atoms with Crippen LogP contribution in [0.15, 0.2) is 12.1 Å². The molecule has 0 spiro atoms. The van der Waals surface area contributed by atoms with E-state index in [1.807, 2.05) is 0 Å². The second kappa shape index (κ2) is 7.05. The highest BCUT2D eigenvalue weighted by Gasteiger charge is 2.53. The molecule has 6 heteroatoms. The van der Waals surface area contributed by atoms with E-state index < -0.39 is 0 Å². The summed E-state index contributed by atoms with van der Waals surface area (Å²) < 4.78 is 10.5. The van der Waals surface area contributed by atoms with Gasteiger partial charge in [-0.1, -0.05) is 20.8 Å². The Labute approximate surface area is 161 Å². The monoisotopic (exact) mass is 371 g/mol. The molecule has 2 aliphatic rings. The third-order valence-electron chi connectivity index (χ3n) is 6.80. The van der Waals surface area contributed by atoms with Gasteiger partial charge in [-0.05, 0) is 36.6 Å². The minimum Gasteiger partial charge on any atom is -0.493 e. The predicted molar refractivity (Wildman–Crippen MR) is 104 cm³/mol. The third-order valence-corrected chi connectivity index (χ3v) is 6.80. The molecule has 1 heterocycles. The molecule has 1 saturated heterocycles. The van der Waals surface area contributed by atoms with Gasteiger partial charge in [0, 0.05) is 18.2 Å². The summed E-state index contributed by atoms with van der Waals surface area (Å²) in [6.07, 6.45) is 3.38. The molecule has 0 aromatic heterocycles. The number of nitrogens with zero attached hydrogens (tertiary/aromatic N) is 2. The van der Waals surface area contributed by atoms with Crippen molar-refractivity contribution in [3.05, 3.63) is 17.7 Å². The minimum absolute atomic E-state index is 0.105. The zero-order valence-electron chi connectivity index (χ0n) is 16.9. The van der Waals surface area contributed by atoms with E-state index in [2.05, 4.69) is 37.1 Å². The van der Waals surface area contributed by atoms with Crippen LogP contribution >= 0.6 is 0 Å². The Hall–Kier alpha value is -2.26. The lowest BCUT2D eigenvalue weighted by Crippen LogP contribution is -2.45. The van der Waals surface area contributed by atoms with Crippen molar-refractivity contribution in [2.75, 3.05) is 32.6 Å². The van der Waals surface area contributed by atoms with Crippen LogP contribution in [0.5, 0.6) is 11.5 Å². The van der Waals surface area contributed by atoms with Crippen LogP contribution in [0.3, 0.4) is 0 Å². The maximum atomic E-state index is 12.7. The van der Waals surface area contributed by atoms with Gasteiger partial charge in [-0.2, -0.15) is 5.26 Å². The highest BCUT2D eigenvalue weighted by molar-refractivity contribution is 5.94. The summed E-state index contributed by atoms with van der Waals surface area (Å²) in [5.41, 5.74) is 1.48. The fourth-order valence-corrected chi connectivity index (χ4v) is 4.63. The fraction of sp³-hybridized carbons (Fsp3) is 0.619. The zero-order chi connectivity index (χ0) is 19.8. The lowest BCUT2D eigenvalue weighted by Gasteiger charge is -2.41. The van der Waals surface area contributed by atoms with Crippen LogP contribution in [0.25, 0.3) is 0 Å². The molecule has 2 bridgehead atoms. The Morgan fingerprint density at radius 1 is 1.26 bits per heavy atom. The summed E-state index contributed by atoms with van der Waals surface area (Å²) in [5.74, 6) is 0.848. The fourth-order valence-electron chi connectivity index (χ4n) is 4.63. The first-order valence-corrected chi connectivity index (χ1v) is 9.43. The molecule has 2 atom stereocenters. The van der Waals surface area contributed by atoms with Crippen LogP contribution in [0.2, 0.25) is 0 Å². The SMILES string of the molecule is COc1cc(C#N)c(NC(=O)CN2CC[C@@]3(C)C[C@@H]2CC3(C)C)cc1OC. The largest absolute Gasteiger partial charge is 0.493 e. The smallest absolute Gasteiger partial charge is 0.238 e. The van der Waals surface area contributed by atoms with Crippen LogP contribution in [0, 0.1) is 22.2 Å². The maximum absolute atomic E-state index is 12.7. The van der Waals surface area contributed by atoms with E-state index >= 15 is 0 Å². The average Bonchev–Trinajstić information content (AvgIpc) is 2.82. The molecule has 1 saturated carbocycles. The van der Waals surface area contributed by atoms with Crippen molar-refractivity contribution >= 4 is 11.6 Å². The second-order valence-electron chi connectivity index (χ2n) is 8.64. The highest BCUT2D eigenvalue weighted by atomic mass is 16.5. The van der Waals surface area contributed by atoms with Crippen LogP contribution in [-0.4, -0.2) is 44.2 Å². The van der Waals surface area contributed by atoms with E-state index in [0.29, 0.717) is 46.2 Å². The van der Waals surface area contributed by atoms with E-state index in [0.717, 1.165) is 25.8 Å². The molecule has 1 N–H and O–H groups in total. The summed E-state index contributed by atoms with van der Waals surface area (Å²) in [4.78, 5) is 15.0. The van der Waals surface area contributed by atoms with E-state index in [1.54, 1.807) is 12.1 Å². The Bertz CT molecular complexity index is 782. The van der Waals surface area contributed by atoms with Crippen molar-refractivity contribution in [1.82, 2.24) is 4.90 Å². The zero-order valence-corrected chi connectivity index (χ0v) is 16.9. The van der Waals surface area contributed by atoms with Crippen molar-refractivity contribution < 1.29 is 14.3 Å². The number of carbonyl (C=O) groups excluding carboxylic acids is 1. The van der Waals surface area contributed by atoms with Gasteiger partial charge in [0.2, 0.25) is 5.91 Å². The molecule has 1 aromatic rings. The topological polar surface area (TPSA) is 74.6 Å². The van der Waals surface area contributed by atoms with E-state index in [1.165, 1.54) is 14.2 Å². The Morgan fingerprint density at radius 2 is 1.93 bits per heavy atom. The number of fused-ring (bicyclic) bond motifs is 2. The number of nitriles is 1. The quantitative estimate of drug-likeness (QED) is 0.858. The number of carbonyl (C=O) groups is 1. The highest BCUT2D eigenvalue weighted by Crippen LogP contribution is 2.58. The first-order chi connectivity index (χ1) is 12.7. The van der Waals surface area contributed by atoms with Gasteiger partial charge in [0.15, 0.2) is 11.5 Å². The van der Waals surface area contributed by atoms with Gasteiger partial charge in [0.25, 0.3) is 0 Å². The summed E-state index contributed by atoms with van der Waals surface area (Å²) in [6, 6.07) is 5.78. The Morgan fingerprint density at radius 3 is 2.56 bits per heavy atom. The molecule has 1 aromatic carbocycles. The van der Waals surface area contributed by atoms with Gasteiger partial charge in [-0.15, -0.1) is 0 Å². The number of piperidine rings is 1. The van der Waals surface area contributed by atoms with Gasteiger partial charge in [0.05, 0.1) is 32.0 Å². The lowest BCUT2D eigenvalue weighted by molar-refractivity contribution is -0.118. The molecule has 1 aliphatic heterocycles. The van der Waals surface area contributed by atoms with Crippen LogP contribution in [0.1, 0.15) is 45.6 Å². The maximum Gasteiger partial charge on any atom is 0.238 e. The number of likely N-dealkylation sites (tertiary alicyclic amines) is 1. The van der Waals surface area contributed by atoms with Gasteiger partial charge < -0.3 is 14.8 Å². The standard InChI is InChI=1S/C21H29N3O3/c1-20(2)10-15-11-21(20,3)6-7-24(15)13-19(25)23-16-9-18(27-5)17(26-4)8-14(16)12-22/h8-9,15H,6-7,10-11,13H2,1-5H3,(H,23,25)/t15-,21-/m0/s1. The van der Waals surface area contributed by atoms with Gasteiger partial charge in [-0.3, -0.25) is 9.69 Å². The Kier molecular flexibility index (Phi) is 5.09. The number of ether oxygens (including phenoxy) is 2. The second-order valence-corrected chi connectivity index (χ2v) is 8.64. The molecule has 6 nitrogen and oxygen atoms in total.